The number of rotatable bonds is 4. The summed E-state index contributed by atoms with van der Waals surface area (Å²) in [6.45, 7) is 4.76. The van der Waals surface area contributed by atoms with Crippen LogP contribution in [0.1, 0.15) is 53.8 Å². The van der Waals surface area contributed by atoms with Crippen molar-refractivity contribution in [1.29, 1.82) is 0 Å². The largest absolute Gasteiger partial charge is 0.309 e. The van der Waals surface area contributed by atoms with Crippen molar-refractivity contribution < 1.29 is 0 Å². The molecule has 0 saturated carbocycles. The third kappa shape index (κ3) is 4.47. The Kier molecular flexibility index (Phi) is 6.69. The van der Waals surface area contributed by atoms with Crippen molar-refractivity contribution in [3.8, 4) is 22.5 Å². The van der Waals surface area contributed by atoms with Crippen LogP contribution < -0.4 is 0 Å². The summed E-state index contributed by atoms with van der Waals surface area (Å²) in [6.07, 6.45) is 14.6. The van der Waals surface area contributed by atoms with Crippen LogP contribution in [-0.2, 0) is 5.41 Å². The lowest BCUT2D eigenvalue weighted by Gasteiger charge is -2.22. The minimum absolute atomic E-state index is 0.140. The molecule has 0 radical (unpaired) electrons. The van der Waals surface area contributed by atoms with Crippen LogP contribution >= 0.6 is 0 Å². The van der Waals surface area contributed by atoms with E-state index in [1.54, 1.807) is 0 Å². The Balaban J connectivity index is 0.975. The molecule has 0 amide bonds. The van der Waals surface area contributed by atoms with E-state index in [0.717, 1.165) is 6.42 Å². The van der Waals surface area contributed by atoms with E-state index in [0.29, 0.717) is 0 Å². The SMILES string of the molecule is CC1(C)c2cc(C=Cc3ccc(-n4c5c(c6ccccc64)C=CCC=C5)c4ccccc34)ccc2-c2ccc(-n3c4ccccc4c4ccccc43)cc21. The molecule has 256 valence electrons. The molecule has 2 aliphatic carbocycles. The van der Waals surface area contributed by atoms with Crippen LogP contribution in [0.25, 0.3) is 90.3 Å². The second kappa shape index (κ2) is 11.7. The van der Waals surface area contributed by atoms with Crippen LogP contribution in [0.3, 0.4) is 0 Å². The molecule has 54 heavy (non-hydrogen) atoms. The number of hydrogen-bond donors (Lipinski definition) is 0. The Labute approximate surface area is 315 Å². The van der Waals surface area contributed by atoms with Gasteiger partial charge in [-0.2, -0.15) is 0 Å². The molecule has 2 heteroatoms. The van der Waals surface area contributed by atoms with Crippen LogP contribution in [0.15, 0.2) is 158 Å². The maximum atomic E-state index is 2.44. The van der Waals surface area contributed by atoms with Gasteiger partial charge in [-0.25, -0.2) is 0 Å². The molecule has 7 aromatic carbocycles. The molecule has 0 aliphatic heterocycles. The molecule has 2 aromatic heterocycles. The lowest BCUT2D eigenvalue weighted by atomic mass is 9.82. The van der Waals surface area contributed by atoms with Gasteiger partial charge < -0.3 is 9.13 Å². The first-order valence-corrected chi connectivity index (χ1v) is 19.0. The van der Waals surface area contributed by atoms with Crippen molar-refractivity contribution in [3.05, 3.63) is 191 Å². The number of para-hydroxylation sites is 3. The summed E-state index contributed by atoms with van der Waals surface area (Å²) >= 11 is 0. The van der Waals surface area contributed by atoms with Gasteiger partial charge in [-0.15, -0.1) is 0 Å². The standard InChI is InChI=1S/C52H38N2/c1-52(2)45-32-34(25-29-38(45)39-30-28-36(33-46(39)52)53-47-21-11-8-17-41(47)42-18-9-12-22-48(42)53)24-26-35-27-31-51(40-16-7-6-14-37(35)40)54-49-20-5-3-4-15-43(49)44-19-10-13-23-50(44)54/h4-33H,3H2,1-2H3. The predicted octanol–water partition coefficient (Wildman–Crippen LogP) is 13.8. The van der Waals surface area contributed by atoms with Gasteiger partial charge in [-0.3, -0.25) is 0 Å². The van der Waals surface area contributed by atoms with Gasteiger partial charge >= 0.3 is 0 Å². The van der Waals surface area contributed by atoms with E-state index in [1.165, 1.54) is 99.5 Å². The molecule has 0 atom stereocenters. The van der Waals surface area contributed by atoms with Crippen molar-refractivity contribution in [2.24, 2.45) is 0 Å². The molecule has 2 aliphatic rings. The molecular weight excluding hydrogens is 653 g/mol. The van der Waals surface area contributed by atoms with Crippen molar-refractivity contribution in [3.63, 3.8) is 0 Å². The summed E-state index contributed by atoms with van der Waals surface area (Å²) in [5, 5.41) is 6.36. The third-order valence-electron chi connectivity index (χ3n) is 11.9. The van der Waals surface area contributed by atoms with Gasteiger partial charge in [-0.05, 0) is 87.7 Å². The molecule has 0 saturated heterocycles. The zero-order chi connectivity index (χ0) is 36.0. The van der Waals surface area contributed by atoms with E-state index in [2.05, 4.69) is 205 Å². The summed E-state index contributed by atoms with van der Waals surface area (Å²) in [5.41, 5.74) is 16.4. The van der Waals surface area contributed by atoms with Crippen LogP contribution in [-0.4, -0.2) is 9.13 Å². The van der Waals surface area contributed by atoms with Gasteiger partial charge in [0, 0.05) is 38.2 Å². The summed E-state index contributed by atoms with van der Waals surface area (Å²) in [6, 6.07) is 53.8. The second-order valence-electron chi connectivity index (χ2n) is 15.3. The fraction of sp³-hybridized carbons (Fsp3) is 0.0769. The zero-order valence-electron chi connectivity index (χ0n) is 30.4. The molecule has 0 fully saturated rings. The number of benzene rings is 7. The normalized spacial score (nSPS) is 14.3. The molecule has 11 rings (SSSR count). The first kappa shape index (κ1) is 30.9. The number of aromatic nitrogens is 2. The van der Waals surface area contributed by atoms with Crippen molar-refractivity contribution in [2.75, 3.05) is 0 Å². The first-order chi connectivity index (χ1) is 26.6. The molecule has 0 bridgehead atoms. The molecular formula is C52H38N2. The van der Waals surface area contributed by atoms with E-state index >= 15 is 0 Å². The van der Waals surface area contributed by atoms with E-state index in [4.69, 9.17) is 0 Å². The Morgan fingerprint density at radius 1 is 0.500 bits per heavy atom. The van der Waals surface area contributed by atoms with Crippen molar-refractivity contribution in [1.82, 2.24) is 9.13 Å². The zero-order valence-corrected chi connectivity index (χ0v) is 30.4. The second-order valence-corrected chi connectivity index (χ2v) is 15.3. The molecule has 9 aromatic rings. The predicted molar refractivity (Wildman–Crippen MR) is 231 cm³/mol. The van der Waals surface area contributed by atoms with Gasteiger partial charge in [0.2, 0.25) is 0 Å². The van der Waals surface area contributed by atoms with Crippen molar-refractivity contribution >= 4 is 67.8 Å². The Morgan fingerprint density at radius 2 is 1.09 bits per heavy atom. The van der Waals surface area contributed by atoms with E-state index < -0.39 is 0 Å². The average molecular weight is 691 g/mol. The van der Waals surface area contributed by atoms with Gasteiger partial charge in [0.25, 0.3) is 0 Å². The monoisotopic (exact) mass is 690 g/mol. The molecule has 0 unspecified atom stereocenters. The van der Waals surface area contributed by atoms with Gasteiger partial charge in [0.1, 0.15) is 0 Å². The highest BCUT2D eigenvalue weighted by Crippen LogP contribution is 2.50. The minimum atomic E-state index is -0.140. The number of hydrogen-bond acceptors (Lipinski definition) is 0. The fourth-order valence-corrected chi connectivity index (χ4v) is 9.35. The molecule has 0 spiro atoms. The van der Waals surface area contributed by atoms with Crippen molar-refractivity contribution in [2.45, 2.75) is 25.7 Å². The summed E-state index contributed by atoms with van der Waals surface area (Å²) in [4.78, 5) is 0. The maximum absolute atomic E-state index is 2.44. The summed E-state index contributed by atoms with van der Waals surface area (Å²) in [5.74, 6) is 0. The fourth-order valence-electron chi connectivity index (χ4n) is 9.35. The molecule has 0 N–H and O–H groups in total. The average Bonchev–Trinajstić information content (AvgIpc) is 3.69. The van der Waals surface area contributed by atoms with Crippen LogP contribution in [0.5, 0.6) is 0 Å². The Bertz CT molecular complexity index is 3050. The topological polar surface area (TPSA) is 9.86 Å². The molecule has 2 heterocycles. The quantitative estimate of drug-likeness (QED) is 0.163. The number of nitrogens with zero attached hydrogens (tertiary/aromatic N) is 2. The van der Waals surface area contributed by atoms with Gasteiger partial charge in [-0.1, -0.05) is 153 Å². The lowest BCUT2D eigenvalue weighted by molar-refractivity contribution is 0.659. The third-order valence-corrected chi connectivity index (χ3v) is 11.9. The highest BCUT2D eigenvalue weighted by Gasteiger charge is 2.36. The minimum Gasteiger partial charge on any atom is -0.309 e. The van der Waals surface area contributed by atoms with Crippen LogP contribution in [0.2, 0.25) is 0 Å². The van der Waals surface area contributed by atoms with Gasteiger partial charge in [0.15, 0.2) is 0 Å². The lowest BCUT2D eigenvalue weighted by Crippen LogP contribution is -2.15. The Hall–Kier alpha value is -6.64. The van der Waals surface area contributed by atoms with E-state index in [-0.39, 0.29) is 5.41 Å². The number of fused-ring (bicyclic) bond motifs is 10. The van der Waals surface area contributed by atoms with E-state index in [1.807, 2.05) is 0 Å². The van der Waals surface area contributed by atoms with Crippen LogP contribution in [0, 0.1) is 0 Å². The first-order valence-electron chi connectivity index (χ1n) is 19.0. The summed E-state index contributed by atoms with van der Waals surface area (Å²) < 4.78 is 4.87. The number of allylic oxidation sites excluding steroid dienone is 2. The summed E-state index contributed by atoms with van der Waals surface area (Å²) in [7, 11) is 0. The Morgan fingerprint density at radius 3 is 1.83 bits per heavy atom. The highest BCUT2D eigenvalue weighted by atomic mass is 15.0. The molecule has 2 nitrogen and oxygen atoms in total. The highest BCUT2D eigenvalue weighted by molar-refractivity contribution is 6.09. The smallest absolute Gasteiger partial charge is 0.0541 e. The van der Waals surface area contributed by atoms with Crippen LogP contribution in [0.4, 0.5) is 0 Å². The van der Waals surface area contributed by atoms with Gasteiger partial charge in [0.05, 0.1) is 27.9 Å². The maximum Gasteiger partial charge on any atom is 0.0541 e. The van der Waals surface area contributed by atoms with E-state index in [9.17, 15) is 0 Å².